The van der Waals surface area contributed by atoms with Crippen LogP contribution in [0, 0.1) is 0 Å². The number of nitrogens with zero attached hydrogens (tertiary/aromatic N) is 1. The largest absolute Gasteiger partial charge is 0.441 e. The normalized spacial score (nSPS) is 25.2. The number of hydrogen-bond acceptors (Lipinski definition) is 3. The Labute approximate surface area is 125 Å². The van der Waals surface area contributed by atoms with E-state index in [0.717, 1.165) is 18.5 Å². The topological polar surface area (TPSA) is 38.8 Å². The predicted octanol–water partition coefficient (Wildman–Crippen LogP) is 3.48. The van der Waals surface area contributed by atoms with E-state index in [1.54, 1.807) is 12.0 Å². The molecule has 2 aliphatic rings. The van der Waals surface area contributed by atoms with Crippen LogP contribution in [0.4, 0.5) is 10.5 Å². The summed E-state index contributed by atoms with van der Waals surface area (Å²) in [4.78, 5) is 13.6. The Morgan fingerprint density at radius 1 is 1.29 bits per heavy atom. The van der Waals surface area contributed by atoms with Crippen LogP contribution in [0.3, 0.4) is 0 Å². The first kappa shape index (κ1) is 14.1. The quantitative estimate of drug-likeness (QED) is 0.796. The molecule has 112 valence electrons. The van der Waals surface area contributed by atoms with E-state index >= 15 is 0 Å². The van der Waals surface area contributed by atoms with E-state index in [1.807, 2.05) is 12.1 Å². The Balaban J connectivity index is 1.69. The van der Waals surface area contributed by atoms with Gasteiger partial charge in [0, 0.05) is 12.8 Å². The fourth-order valence-corrected chi connectivity index (χ4v) is 3.03. The molecule has 4 nitrogen and oxygen atoms in total. The molecule has 1 aromatic carbocycles. The van der Waals surface area contributed by atoms with Crippen LogP contribution < -0.4 is 4.90 Å². The maximum Gasteiger partial charge on any atom is 0.414 e. The molecular formula is C17H21NO3. The van der Waals surface area contributed by atoms with E-state index in [1.165, 1.54) is 12.0 Å². The van der Waals surface area contributed by atoms with Crippen molar-refractivity contribution < 1.29 is 14.3 Å². The molecule has 0 aromatic heterocycles. The predicted molar refractivity (Wildman–Crippen MR) is 81.7 cm³/mol. The molecular weight excluding hydrogens is 266 g/mol. The lowest BCUT2D eigenvalue weighted by molar-refractivity contribution is 0.0718. The number of carbonyl (C=O) groups excluding carboxylic acids is 1. The monoisotopic (exact) mass is 287 g/mol. The summed E-state index contributed by atoms with van der Waals surface area (Å²) in [6, 6.07) is 8.31. The highest BCUT2D eigenvalue weighted by Crippen LogP contribution is 2.31. The molecule has 0 N–H and O–H groups in total. The summed E-state index contributed by atoms with van der Waals surface area (Å²) >= 11 is 0. The molecule has 1 aromatic rings. The lowest BCUT2D eigenvalue weighted by Crippen LogP contribution is -2.25. The van der Waals surface area contributed by atoms with Crippen LogP contribution in [0.25, 0.3) is 0 Å². The smallest absolute Gasteiger partial charge is 0.414 e. The Hall–Kier alpha value is -1.81. The van der Waals surface area contributed by atoms with E-state index in [-0.39, 0.29) is 12.2 Å². The summed E-state index contributed by atoms with van der Waals surface area (Å²) < 4.78 is 10.3. The number of anilines is 1. The second kappa shape index (κ2) is 6.31. The number of hydrogen-bond donors (Lipinski definition) is 0. The summed E-state index contributed by atoms with van der Waals surface area (Å²) in [6.07, 6.45) is 7.52. The number of allylic oxidation sites excluding steroid dienone is 2. The molecule has 0 radical (unpaired) electrons. The third kappa shape index (κ3) is 3.10. The number of amides is 1. The van der Waals surface area contributed by atoms with Crippen LogP contribution in [0.2, 0.25) is 0 Å². The van der Waals surface area contributed by atoms with Gasteiger partial charge in [0.15, 0.2) is 0 Å². The highest BCUT2D eigenvalue weighted by molar-refractivity contribution is 5.89. The van der Waals surface area contributed by atoms with Crippen molar-refractivity contribution in [3.63, 3.8) is 0 Å². The Kier molecular flexibility index (Phi) is 4.25. The highest BCUT2D eigenvalue weighted by Gasteiger charge is 2.32. The van der Waals surface area contributed by atoms with Crippen LogP contribution in [-0.2, 0) is 9.47 Å². The van der Waals surface area contributed by atoms with Gasteiger partial charge in [-0.25, -0.2) is 4.79 Å². The van der Waals surface area contributed by atoms with Gasteiger partial charge in [-0.2, -0.15) is 0 Å². The molecule has 0 saturated carbocycles. The van der Waals surface area contributed by atoms with Gasteiger partial charge in [0.05, 0.1) is 13.2 Å². The van der Waals surface area contributed by atoms with Crippen molar-refractivity contribution in [2.75, 3.05) is 25.2 Å². The molecule has 1 saturated heterocycles. The van der Waals surface area contributed by atoms with Gasteiger partial charge in [-0.3, -0.25) is 4.90 Å². The van der Waals surface area contributed by atoms with Crippen molar-refractivity contribution in [3.05, 3.63) is 42.0 Å². The molecule has 1 heterocycles. The van der Waals surface area contributed by atoms with Crippen LogP contribution in [-0.4, -0.2) is 32.5 Å². The van der Waals surface area contributed by atoms with E-state index in [0.29, 0.717) is 19.1 Å². The maximum absolute atomic E-state index is 11.9. The molecule has 2 atom stereocenters. The Bertz CT molecular complexity index is 523. The van der Waals surface area contributed by atoms with Crippen LogP contribution in [0.15, 0.2) is 36.4 Å². The van der Waals surface area contributed by atoms with E-state index in [4.69, 9.17) is 9.47 Å². The van der Waals surface area contributed by atoms with E-state index in [9.17, 15) is 4.79 Å². The minimum Gasteiger partial charge on any atom is -0.441 e. The van der Waals surface area contributed by atoms with E-state index in [2.05, 4.69) is 24.3 Å². The fourth-order valence-electron chi connectivity index (χ4n) is 3.03. The van der Waals surface area contributed by atoms with Gasteiger partial charge in [0.2, 0.25) is 0 Å². The molecule has 1 aliphatic heterocycles. The summed E-state index contributed by atoms with van der Waals surface area (Å²) in [5.74, 6) is 0.607. The van der Waals surface area contributed by atoms with Crippen LogP contribution in [0.5, 0.6) is 0 Å². The molecule has 3 rings (SSSR count). The zero-order valence-electron chi connectivity index (χ0n) is 12.3. The van der Waals surface area contributed by atoms with Crippen LogP contribution >= 0.6 is 0 Å². The number of benzene rings is 1. The zero-order chi connectivity index (χ0) is 14.7. The summed E-state index contributed by atoms with van der Waals surface area (Å²) in [6.45, 7) is 0.993. The SMILES string of the molecule is COC[C@H]1CN(c2ccc(C3CC=CCC3)cc2)C(=O)O1. The molecule has 1 aliphatic carbocycles. The number of ether oxygens (including phenoxy) is 2. The van der Waals surface area contributed by atoms with Gasteiger partial charge in [0.1, 0.15) is 6.10 Å². The van der Waals surface area contributed by atoms with Crippen molar-refractivity contribution in [1.29, 1.82) is 0 Å². The van der Waals surface area contributed by atoms with Gasteiger partial charge >= 0.3 is 6.09 Å². The van der Waals surface area contributed by atoms with Crippen LogP contribution in [0.1, 0.15) is 30.7 Å². The third-order valence-electron chi connectivity index (χ3n) is 4.17. The number of methoxy groups -OCH3 is 1. The minimum atomic E-state index is -0.287. The van der Waals surface area contributed by atoms with Crippen molar-refractivity contribution in [1.82, 2.24) is 0 Å². The second-order valence-corrected chi connectivity index (χ2v) is 5.64. The minimum absolute atomic E-state index is 0.175. The molecule has 1 unspecified atom stereocenters. The summed E-state index contributed by atoms with van der Waals surface area (Å²) in [7, 11) is 1.61. The standard InChI is InChI=1S/C17H21NO3/c1-20-12-16-11-18(17(19)21-16)15-9-7-14(8-10-15)13-5-3-2-4-6-13/h2-3,7-10,13,16H,4-6,11-12H2,1H3/t13?,16-/m1/s1. The maximum atomic E-state index is 11.9. The lowest BCUT2D eigenvalue weighted by Gasteiger charge is -2.19. The van der Waals surface area contributed by atoms with Crippen molar-refractivity contribution in [3.8, 4) is 0 Å². The van der Waals surface area contributed by atoms with Gasteiger partial charge in [-0.15, -0.1) is 0 Å². The molecule has 21 heavy (non-hydrogen) atoms. The van der Waals surface area contributed by atoms with Gasteiger partial charge in [0.25, 0.3) is 0 Å². The third-order valence-corrected chi connectivity index (χ3v) is 4.17. The van der Waals surface area contributed by atoms with Gasteiger partial charge < -0.3 is 9.47 Å². The molecule has 1 fully saturated rings. The van der Waals surface area contributed by atoms with Gasteiger partial charge in [-0.05, 0) is 42.9 Å². The molecule has 1 amide bonds. The summed E-state index contributed by atoms with van der Waals surface area (Å²) in [5, 5.41) is 0. The Morgan fingerprint density at radius 3 is 2.76 bits per heavy atom. The first-order valence-electron chi connectivity index (χ1n) is 7.50. The van der Waals surface area contributed by atoms with Crippen molar-refractivity contribution in [2.45, 2.75) is 31.3 Å². The number of carbonyl (C=O) groups is 1. The van der Waals surface area contributed by atoms with E-state index < -0.39 is 0 Å². The van der Waals surface area contributed by atoms with Crippen molar-refractivity contribution in [2.24, 2.45) is 0 Å². The molecule has 0 spiro atoms. The molecule has 0 bridgehead atoms. The first-order chi connectivity index (χ1) is 10.3. The fraction of sp³-hybridized carbons (Fsp3) is 0.471. The lowest BCUT2D eigenvalue weighted by atomic mass is 9.88. The average Bonchev–Trinajstić information content (AvgIpc) is 2.89. The number of cyclic esters (lactones) is 1. The average molecular weight is 287 g/mol. The highest BCUT2D eigenvalue weighted by atomic mass is 16.6. The van der Waals surface area contributed by atoms with Gasteiger partial charge in [-0.1, -0.05) is 24.3 Å². The zero-order valence-corrected chi connectivity index (χ0v) is 12.3. The Morgan fingerprint density at radius 2 is 2.10 bits per heavy atom. The second-order valence-electron chi connectivity index (χ2n) is 5.64. The first-order valence-corrected chi connectivity index (χ1v) is 7.50. The van der Waals surface area contributed by atoms with Crippen molar-refractivity contribution >= 4 is 11.8 Å². The summed E-state index contributed by atoms with van der Waals surface area (Å²) in [5.41, 5.74) is 2.25. The molecule has 4 heteroatoms. The number of rotatable bonds is 4.